The number of rotatable bonds is 5. The van der Waals surface area contributed by atoms with Gasteiger partial charge in [-0.05, 0) is 18.9 Å². The fourth-order valence-corrected chi connectivity index (χ4v) is 3.82. The van der Waals surface area contributed by atoms with Crippen molar-refractivity contribution in [1.29, 1.82) is 0 Å². The first-order valence-corrected chi connectivity index (χ1v) is 9.58. The van der Waals surface area contributed by atoms with Crippen molar-refractivity contribution in [3.63, 3.8) is 0 Å². The van der Waals surface area contributed by atoms with Gasteiger partial charge >= 0.3 is 0 Å². The molecule has 140 valence electrons. The van der Waals surface area contributed by atoms with Crippen LogP contribution < -0.4 is 15.4 Å². The number of carbonyl (C=O) groups is 2. The molecule has 1 aliphatic carbocycles. The largest absolute Gasteiger partial charge is 0.487 e. The maximum Gasteiger partial charge on any atom is 0.220 e. The van der Waals surface area contributed by atoms with Gasteiger partial charge in [0, 0.05) is 43.7 Å². The molecule has 2 fully saturated rings. The van der Waals surface area contributed by atoms with E-state index in [1.165, 1.54) is 0 Å². The molecule has 1 aromatic rings. The van der Waals surface area contributed by atoms with E-state index in [0.717, 1.165) is 43.4 Å². The number of benzene rings is 1. The van der Waals surface area contributed by atoms with Gasteiger partial charge in [0.25, 0.3) is 0 Å². The molecule has 2 amide bonds. The summed E-state index contributed by atoms with van der Waals surface area (Å²) in [6.45, 7) is 1.37. The van der Waals surface area contributed by atoms with Crippen LogP contribution in [0.5, 0.6) is 5.75 Å². The molecule has 2 N–H and O–H groups in total. The number of hydrogen-bond acceptors (Lipinski definition) is 4. The molecule has 0 bridgehead atoms. The van der Waals surface area contributed by atoms with E-state index in [1.54, 1.807) is 0 Å². The van der Waals surface area contributed by atoms with E-state index in [-0.39, 0.29) is 36.3 Å². The van der Waals surface area contributed by atoms with E-state index in [2.05, 4.69) is 10.6 Å². The van der Waals surface area contributed by atoms with E-state index in [1.807, 2.05) is 24.3 Å². The van der Waals surface area contributed by atoms with Crippen molar-refractivity contribution in [3.8, 4) is 5.75 Å². The van der Waals surface area contributed by atoms with Crippen molar-refractivity contribution < 1.29 is 19.1 Å². The summed E-state index contributed by atoms with van der Waals surface area (Å²) in [5.41, 5.74) is 0.744. The molecule has 0 unspecified atom stereocenters. The van der Waals surface area contributed by atoms with Crippen LogP contribution in [0.25, 0.3) is 0 Å². The number of amides is 2. The zero-order valence-electron chi connectivity index (χ0n) is 15.0. The Kier molecular flexibility index (Phi) is 4.85. The molecule has 6 nitrogen and oxygen atoms in total. The van der Waals surface area contributed by atoms with Gasteiger partial charge < -0.3 is 20.1 Å². The van der Waals surface area contributed by atoms with Gasteiger partial charge in [0.1, 0.15) is 11.4 Å². The molecule has 1 saturated heterocycles. The quantitative estimate of drug-likeness (QED) is 0.846. The number of nitrogens with one attached hydrogen (secondary N) is 2. The molecule has 1 aromatic carbocycles. The minimum Gasteiger partial charge on any atom is -0.487 e. The van der Waals surface area contributed by atoms with E-state index < -0.39 is 0 Å². The maximum absolute atomic E-state index is 12.4. The standard InChI is InChI=1S/C20H26N2O4/c23-18(21-14-5-6-14)7-8-19(24)22-16-13-20(9-11-25-12-10-20)26-17-4-2-1-3-15(16)17/h1-4,14,16H,5-13H2,(H,21,23)(H,22,24)/t16-/m0/s1. The lowest BCUT2D eigenvalue weighted by Crippen LogP contribution is -2.48. The lowest BCUT2D eigenvalue weighted by molar-refractivity contribution is -0.127. The minimum absolute atomic E-state index is 0.0315. The highest BCUT2D eigenvalue weighted by Crippen LogP contribution is 2.43. The molecule has 2 heterocycles. The SMILES string of the molecule is O=C(CCC(=O)N[C@H]1CC2(CCOCC2)Oc2ccccc21)NC1CC1. The summed E-state index contributed by atoms with van der Waals surface area (Å²) in [6, 6.07) is 8.14. The number of ether oxygens (including phenoxy) is 2. The monoisotopic (exact) mass is 358 g/mol. The molecular weight excluding hydrogens is 332 g/mol. The van der Waals surface area contributed by atoms with Crippen LogP contribution in [0.3, 0.4) is 0 Å². The molecule has 26 heavy (non-hydrogen) atoms. The molecule has 6 heteroatoms. The third-order valence-corrected chi connectivity index (χ3v) is 5.46. The Balaban J connectivity index is 1.40. The average molecular weight is 358 g/mol. The van der Waals surface area contributed by atoms with Crippen LogP contribution in [-0.2, 0) is 14.3 Å². The summed E-state index contributed by atoms with van der Waals surface area (Å²) < 4.78 is 11.8. The Morgan fingerprint density at radius 2 is 1.73 bits per heavy atom. The molecular formula is C20H26N2O4. The Morgan fingerprint density at radius 3 is 2.46 bits per heavy atom. The summed E-state index contributed by atoms with van der Waals surface area (Å²) in [4.78, 5) is 24.2. The van der Waals surface area contributed by atoms with E-state index in [9.17, 15) is 9.59 Å². The average Bonchev–Trinajstić information content (AvgIpc) is 3.44. The first-order valence-electron chi connectivity index (χ1n) is 9.58. The normalized spacial score (nSPS) is 23.6. The molecule has 3 aliphatic rings. The highest BCUT2D eigenvalue weighted by atomic mass is 16.5. The lowest BCUT2D eigenvalue weighted by Gasteiger charge is -2.44. The molecule has 0 radical (unpaired) electrons. The summed E-state index contributed by atoms with van der Waals surface area (Å²) in [5, 5.41) is 6.05. The topological polar surface area (TPSA) is 76.7 Å². The predicted octanol–water partition coefficient (Wildman–Crippen LogP) is 2.23. The highest BCUT2D eigenvalue weighted by molar-refractivity contribution is 5.84. The minimum atomic E-state index is -0.270. The van der Waals surface area contributed by atoms with Crippen LogP contribution in [-0.4, -0.2) is 36.7 Å². The summed E-state index contributed by atoms with van der Waals surface area (Å²) in [7, 11) is 0. The van der Waals surface area contributed by atoms with Gasteiger partial charge in [-0.15, -0.1) is 0 Å². The van der Waals surface area contributed by atoms with Crippen molar-refractivity contribution >= 4 is 11.8 Å². The fourth-order valence-electron chi connectivity index (χ4n) is 3.82. The molecule has 1 saturated carbocycles. The zero-order chi connectivity index (χ0) is 18.0. The van der Waals surface area contributed by atoms with E-state index in [4.69, 9.17) is 9.47 Å². The van der Waals surface area contributed by atoms with Gasteiger partial charge in [-0.2, -0.15) is 0 Å². The molecule has 1 atom stereocenters. The highest BCUT2D eigenvalue weighted by Gasteiger charge is 2.42. The maximum atomic E-state index is 12.4. The Hall–Kier alpha value is -2.08. The fraction of sp³-hybridized carbons (Fsp3) is 0.600. The smallest absolute Gasteiger partial charge is 0.220 e. The Labute approximate surface area is 153 Å². The number of para-hydroxylation sites is 1. The van der Waals surface area contributed by atoms with Gasteiger partial charge in [0.05, 0.1) is 19.3 Å². The van der Waals surface area contributed by atoms with Crippen LogP contribution >= 0.6 is 0 Å². The summed E-state index contributed by atoms with van der Waals surface area (Å²) in [6.07, 6.45) is 4.98. The molecule has 0 aromatic heterocycles. The van der Waals surface area contributed by atoms with Crippen molar-refractivity contribution in [2.24, 2.45) is 0 Å². The number of hydrogen-bond donors (Lipinski definition) is 2. The second-order valence-electron chi connectivity index (χ2n) is 7.60. The Bertz CT molecular complexity index is 680. The number of carbonyl (C=O) groups excluding carboxylic acids is 2. The van der Waals surface area contributed by atoms with Gasteiger partial charge in [-0.1, -0.05) is 18.2 Å². The van der Waals surface area contributed by atoms with Crippen LogP contribution in [0.15, 0.2) is 24.3 Å². The summed E-state index contributed by atoms with van der Waals surface area (Å²) in [5.74, 6) is 0.730. The van der Waals surface area contributed by atoms with Gasteiger partial charge in [-0.25, -0.2) is 0 Å². The second kappa shape index (κ2) is 7.27. The summed E-state index contributed by atoms with van der Waals surface area (Å²) >= 11 is 0. The Morgan fingerprint density at radius 1 is 1.04 bits per heavy atom. The molecule has 2 aliphatic heterocycles. The predicted molar refractivity (Wildman–Crippen MR) is 95.8 cm³/mol. The van der Waals surface area contributed by atoms with Crippen LogP contribution in [0, 0.1) is 0 Å². The second-order valence-corrected chi connectivity index (χ2v) is 7.60. The van der Waals surface area contributed by atoms with Crippen molar-refractivity contribution in [3.05, 3.63) is 29.8 Å². The first kappa shape index (κ1) is 17.3. The van der Waals surface area contributed by atoms with Gasteiger partial charge in [0.2, 0.25) is 11.8 Å². The van der Waals surface area contributed by atoms with Crippen LogP contribution in [0.1, 0.15) is 56.6 Å². The third-order valence-electron chi connectivity index (χ3n) is 5.46. The zero-order valence-corrected chi connectivity index (χ0v) is 15.0. The van der Waals surface area contributed by atoms with E-state index >= 15 is 0 Å². The first-order chi connectivity index (χ1) is 12.6. The van der Waals surface area contributed by atoms with Gasteiger partial charge in [-0.3, -0.25) is 9.59 Å². The van der Waals surface area contributed by atoms with Crippen molar-refractivity contribution in [2.45, 2.75) is 62.6 Å². The number of fused-ring (bicyclic) bond motifs is 1. The molecule has 1 spiro atoms. The van der Waals surface area contributed by atoms with Crippen molar-refractivity contribution in [2.75, 3.05) is 13.2 Å². The van der Waals surface area contributed by atoms with E-state index in [0.29, 0.717) is 19.3 Å². The lowest BCUT2D eigenvalue weighted by atomic mass is 9.82. The van der Waals surface area contributed by atoms with Crippen LogP contribution in [0.2, 0.25) is 0 Å². The van der Waals surface area contributed by atoms with Crippen molar-refractivity contribution in [1.82, 2.24) is 10.6 Å². The van der Waals surface area contributed by atoms with Crippen LogP contribution in [0.4, 0.5) is 0 Å². The van der Waals surface area contributed by atoms with Gasteiger partial charge in [0.15, 0.2) is 0 Å². The third kappa shape index (κ3) is 4.01. The molecule has 4 rings (SSSR count).